The van der Waals surface area contributed by atoms with E-state index in [0.717, 1.165) is 23.5 Å². The molecule has 0 saturated carbocycles. The third-order valence-corrected chi connectivity index (χ3v) is 5.84. The summed E-state index contributed by atoms with van der Waals surface area (Å²) >= 11 is 0. The van der Waals surface area contributed by atoms with Crippen molar-refractivity contribution in [1.82, 2.24) is 5.32 Å². The zero-order chi connectivity index (χ0) is 22.2. The molecule has 2 N–H and O–H groups in total. The molecule has 2 heterocycles. The third-order valence-electron chi connectivity index (χ3n) is 5.84. The first kappa shape index (κ1) is 21.2. The average molecular weight is 422 g/mol. The number of ketones is 1. The summed E-state index contributed by atoms with van der Waals surface area (Å²) in [4.78, 5) is 28.3. The molecular formula is C25H31N3O3. The van der Waals surface area contributed by atoms with Crippen molar-refractivity contribution in [3.63, 3.8) is 0 Å². The molecule has 1 aliphatic heterocycles. The van der Waals surface area contributed by atoms with Crippen LogP contribution in [0, 0.1) is 11.3 Å². The minimum atomic E-state index is -0.463. The summed E-state index contributed by atoms with van der Waals surface area (Å²) in [5, 5.41) is 6.55. The molecule has 0 unspecified atom stereocenters. The van der Waals surface area contributed by atoms with Gasteiger partial charge in [-0.15, -0.1) is 0 Å². The van der Waals surface area contributed by atoms with Gasteiger partial charge < -0.3 is 20.0 Å². The molecule has 1 aliphatic carbocycles. The molecule has 1 atom stereocenters. The molecule has 4 rings (SSSR count). The van der Waals surface area contributed by atoms with E-state index in [0.29, 0.717) is 30.2 Å². The summed E-state index contributed by atoms with van der Waals surface area (Å²) in [6.45, 7) is 9.11. The van der Waals surface area contributed by atoms with Gasteiger partial charge in [-0.05, 0) is 42.0 Å². The van der Waals surface area contributed by atoms with Crippen LogP contribution in [-0.2, 0) is 9.59 Å². The molecule has 2 aliphatic rings. The number of hydrogen-bond acceptors (Lipinski definition) is 5. The highest BCUT2D eigenvalue weighted by Crippen LogP contribution is 2.48. The second kappa shape index (κ2) is 8.25. The van der Waals surface area contributed by atoms with Crippen molar-refractivity contribution < 1.29 is 14.0 Å². The fourth-order valence-corrected chi connectivity index (χ4v) is 4.50. The van der Waals surface area contributed by atoms with Crippen molar-refractivity contribution in [2.45, 2.75) is 46.6 Å². The van der Waals surface area contributed by atoms with E-state index in [4.69, 9.17) is 4.42 Å². The number of para-hydroxylation sites is 2. The van der Waals surface area contributed by atoms with Gasteiger partial charge in [-0.3, -0.25) is 9.59 Å². The van der Waals surface area contributed by atoms with E-state index in [1.54, 1.807) is 6.26 Å². The van der Waals surface area contributed by atoms with Crippen LogP contribution in [0.5, 0.6) is 0 Å². The molecule has 1 aromatic heterocycles. The van der Waals surface area contributed by atoms with Crippen LogP contribution < -0.4 is 15.5 Å². The van der Waals surface area contributed by atoms with Crippen molar-refractivity contribution in [3.05, 3.63) is 59.7 Å². The zero-order valence-corrected chi connectivity index (χ0v) is 18.7. The third kappa shape index (κ3) is 4.38. The second-order valence-electron chi connectivity index (χ2n) is 9.72. The van der Waals surface area contributed by atoms with E-state index in [-0.39, 0.29) is 23.7 Å². The predicted octanol–water partition coefficient (Wildman–Crippen LogP) is 4.67. The van der Waals surface area contributed by atoms with E-state index < -0.39 is 6.04 Å². The van der Waals surface area contributed by atoms with Crippen LogP contribution in [0.25, 0.3) is 0 Å². The number of nitrogens with zero attached hydrogens (tertiary/aromatic N) is 1. The van der Waals surface area contributed by atoms with E-state index >= 15 is 0 Å². The highest BCUT2D eigenvalue weighted by atomic mass is 16.3. The number of nitrogens with one attached hydrogen (secondary N) is 2. The second-order valence-corrected chi connectivity index (χ2v) is 9.72. The van der Waals surface area contributed by atoms with Gasteiger partial charge in [-0.1, -0.05) is 39.8 Å². The van der Waals surface area contributed by atoms with Crippen LogP contribution in [-0.4, -0.2) is 24.8 Å². The number of anilines is 2. The molecule has 31 heavy (non-hydrogen) atoms. The first-order valence-electron chi connectivity index (χ1n) is 10.9. The summed E-state index contributed by atoms with van der Waals surface area (Å²) in [6.07, 6.45) is 2.84. The molecule has 0 spiro atoms. The van der Waals surface area contributed by atoms with E-state index in [1.165, 1.54) is 0 Å². The fraction of sp³-hybridized carbons (Fsp3) is 0.440. The van der Waals surface area contributed by atoms with Crippen LogP contribution in [0.1, 0.15) is 52.3 Å². The Kier molecular flexibility index (Phi) is 5.65. The fourth-order valence-electron chi connectivity index (χ4n) is 4.50. The molecule has 164 valence electrons. The predicted molar refractivity (Wildman–Crippen MR) is 122 cm³/mol. The molecule has 0 saturated heterocycles. The number of allylic oxidation sites excluding steroid dienone is 1. The molecule has 6 heteroatoms. The van der Waals surface area contributed by atoms with Crippen molar-refractivity contribution in [2.75, 3.05) is 23.3 Å². The van der Waals surface area contributed by atoms with Gasteiger partial charge in [0.2, 0.25) is 5.91 Å². The monoisotopic (exact) mass is 421 g/mol. The van der Waals surface area contributed by atoms with Crippen molar-refractivity contribution in [1.29, 1.82) is 0 Å². The van der Waals surface area contributed by atoms with E-state index in [2.05, 4.69) is 38.3 Å². The highest BCUT2D eigenvalue weighted by Gasteiger charge is 2.42. The van der Waals surface area contributed by atoms with Gasteiger partial charge in [-0.2, -0.15) is 0 Å². The number of Topliss-reactive ketones (excluding diaryl/α,β-unsaturated/α-hetero) is 1. The topological polar surface area (TPSA) is 74.6 Å². The maximum Gasteiger partial charge on any atom is 0.239 e. The zero-order valence-electron chi connectivity index (χ0n) is 18.7. The highest BCUT2D eigenvalue weighted by molar-refractivity contribution is 6.01. The van der Waals surface area contributed by atoms with Crippen LogP contribution in [0.15, 0.2) is 58.3 Å². The van der Waals surface area contributed by atoms with Gasteiger partial charge in [0.15, 0.2) is 5.78 Å². The van der Waals surface area contributed by atoms with Gasteiger partial charge >= 0.3 is 0 Å². The quantitative estimate of drug-likeness (QED) is 0.734. The maximum absolute atomic E-state index is 13.4. The maximum atomic E-state index is 13.4. The van der Waals surface area contributed by atoms with Crippen molar-refractivity contribution in [2.24, 2.45) is 11.3 Å². The Balaban J connectivity index is 1.83. The normalized spacial score (nSPS) is 20.1. The van der Waals surface area contributed by atoms with Crippen LogP contribution in [0.4, 0.5) is 11.4 Å². The number of fused-ring (bicyclic) bond motifs is 1. The van der Waals surface area contributed by atoms with Crippen LogP contribution in [0.3, 0.4) is 0 Å². The Labute approximate surface area is 183 Å². The largest absolute Gasteiger partial charge is 0.467 e. The number of carbonyl (C=O) groups is 2. The van der Waals surface area contributed by atoms with Gasteiger partial charge in [0.1, 0.15) is 11.8 Å². The number of furan rings is 1. The van der Waals surface area contributed by atoms with Gasteiger partial charge in [0, 0.05) is 24.2 Å². The van der Waals surface area contributed by atoms with Crippen molar-refractivity contribution in [3.8, 4) is 0 Å². The lowest BCUT2D eigenvalue weighted by Crippen LogP contribution is -2.42. The minimum absolute atomic E-state index is 0.0762. The van der Waals surface area contributed by atoms with Gasteiger partial charge in [0.25, 0.3) is 0 Å². The number of carbonyl (C=O) groups excluding carboxylic acids is 2. The summed E-state index contributed by atoms with van der Waals surface area (Å²) in [6, 6.07) is 11.1. The summed E-state index contributed by atoms with van der Waals surface area (Å²) in [7, 11) is 0. The lowest BCUT2D eigenvalue weighted by atomic mass is 9.74. The van der Waals surface area contributed by atoms with Crippen LogP contribution >= 0.6 is 0 Å². The smallest absolute Gasteiger partial charge is 0.239 e. The molecule has 1 amide bonds. The first-order valence-corrected chi connectivity index (χ1v) is 10.9. The standard InChI is InChI=1S/C25H31N3O3/c1-16(2)14-26-22(30)15-28-19-9-6-5-8-17(19)27-18-12-25(3,4)13-20(29)23(18)24(28)21-10-7-11-31-21/h5-11,16,24,27H,12-15H2,1-4H3,(H,26,30)/t24-/m1/s1. The summed E-state index contributed by atoms with van der Waals surface area (Å²) < 4.78 is 5.82. The Bertz CT molecular complexity index is 1000. The molecule has 0 bridgehead atoms. The Morgan fingerprint density at radius 1 is 1.23 bits per heavy atom. The summed E-state index contributed by atoms with van der Waals surface area (Å²) in [5.41, 5.74) is 3.26. The Morgan fingerprint density at radius 2 is 2.00 bits per heavy atom. The lowest BCUT2D eigenvalue weighted by Gasteiger charge is -2.36. The molecule has 6 nitrogen and oxygen atoms in total. The van der Waals surface area contributed by atoms with Crippen molar-refractivity contribution >= 4 is 23.1 Å². The van der Waals surface area contributed by atoms with Gasteiger partial charge in [0.05, 0.1) is 24.2 Å². The average Bonchev–Trinajstić information content (AvgIpc) is 3.17. The van der Waals surface area contributed by atoms with E-state index in [9.17, 15) is 9.59 Å². The minimum Gasteiger partial charge on any atom is -0.467 e. The molecule has 0 radical (unpaired) electrons. The molecule has 1 aromatic carbocycles. The summed E-state index contributed by atoms with van der Waals surface area (Å²) in [5.74, 6) is 1.04. The van der Waals surface area contributed by atoms with Gasteiger partial charge in [-0.25, -0.2) is 0 Å². The lowest BCUT2D eigenvalue weighted by molar-refractivity contribution is -0.121. The van der Waals surface area contributed by atoms with Crippen LogP contribution in [0.2, 0.25) is 0 Å². The number of benzene rings is 1. The SMILES string of the molecule is CC(C)CNC(=O)CN1c2ccccc2NC2=C(C(=O)CC(C)(C)C2)[C@H]1c1ccco1. The Hall–Kier alpha value is -3.02. The molecular weight excluding hydrogens is 390 g/mol. The Morgan fingerprint density at radius 3 is 2.71 bits per heavy atom. The number of hydrogen-bond donors (Lipinski definition) is 2. The molecule has 2 aromatic rings. The first-order chi connectivity index (χ1) is 14.7. The number of amides is 1. The number of rotatable bonds is 5. The van der Waals surface area contributed by atoms with E-state index in [1.807, 2.05) is 41.3 Å². The molecule has 0 fully saturated rings.